The average Bonchev–Trinajstić information content (AvgIpc) is 2.80. The van der Waals surface area contributed by atoms with Crippen LogP contribution < -0.4 is 10.6 Å². The summed E-state index contributed by atoms with van der Waals surface area (Å²) in [4.78, 5) is 0. The molecular weight excluding hydrogens is 174 g/mol. The molecule has 1 saturated carbocycles. The molecule has 1 unspecified atom stereocenters. The Hall–Kier alpha value is -0.590. The second kappa shape index (κ2) is 3.52. The monoisotopic (exact) mass is 193 g/mol. The summed E-state index contributed by atoms with van der Waals surface area (Å²) in [7, 11) is 0. The molecule has 1 heterocycles. The van der Waals surface area contributed by atoms with Crippen LogP contribution in [0.15, 0.2) is 0 Å². The minimum atomic E-state index is 0.269. The quantitative estimate of drug-likeness (QED) is 0.701. The van der Waals surface area contributed by atoms with Gasteiger partial charge in [-0.25, -0.2) is 0 Å². The van der Waals surface area contributed by atoms with E-state index in [4.69, 9.17) is 5.26 Å². The SMILES string of the molecule is CC1(NCC2(CC#N)CC2)CCNC1. The first-order chi connectivity index (χ1) is 6.68. The van der Waals surface area contributed by atoms with Crippen LogP contribution in [0.5, 0.6) is 0 Å². The third kappa shape index (κ3) is 2.08. The predicted octanol–water partition coefficient (Wildman–Crippen LogP) is 1.02. The summed E-state index contributed by atoms with van der Waals surface area (Å²) in [6.45, 7) is 5.48. The van der Waals surface area contributed by atoms with E-state index in [1.807, 2.05) is 0 Å². The molecule has 2 aliphatic rings. The highest BCUT2D eigenvalue weighted by Gasteiger charge is 2.43. The van der Waals surface area contributed by atoms with Gasteiger partial charge in [-0.2, -0.15) is 5.26 Å². The van der Waals surface area contributed by atoms with Crippen molar-refractivity contribution in [3.8, 4) is 6.07 Å². The molecule has 2 rings (SSSR count). The number of nitrogens with one attached hydrogen (secondary N) is 2. The van der Waals surface area contributed by atoms with Crippen LogP contribution >= 0.6 is 0 Å². The molecule has 0 spiro atoms. The molecule has 1 atom stereocenters. The molecule has 14 heavy (non-hydrogen) atoms. The summed E-state index contributed by atoms with van der Waals surface area (Å²) < 4.78 is 0. The van der Waals surface area contributed by atoms with Crippen molar-refractivity contribution < 1.29 is 0 Å². The van der Waals surface area contributed by atoms with Crippen molar-refractivity contribution in [1.29, 1.82) is 5.26 Å². The Balaban J connectivity index is 1.79. The van der Waals surface area contributed by atoms with Crippen molar-refractivity contribution in [2.75, 3.05) is 19.6 Å². The molecule has 2 fully saturated rings. The molecule has 0 amide bonds. The van der Waals surface area contributed by atoms with Crippen LogP contribution in [-0.2, 0) is 0 Å². The van der Waals surface area contributed by atoms with E-state index in [2.05, 4.69) is 23.6 Å². The largest absolute Gasteiger partial charge is 0.315 e. The summed E-state index contributed by atoms with van der Waals surface area (Å²) in [6.07, 6.45) is 4.40. The molecule has 0 aromatic rings. The maximum Gasteiger partial charge on any atom is 0.0628 e. The molecular formula is C11H19N3. The lowest BCUT2D eigenvalue weighted by Crippen LogP contribution is -2.46. The van der Waals surface area contributed by atoms with Gasteiger partial charge >= 0.3 is 0 Å². The molecule has 3 nitrogen and oxygen atoms in total. The lowest BCUT2D eigenvalue weighted by atomic mass is 9.97. The number of hydrogen-bond acceptors (Lipinski definition) is 3. The van der Waals surface area contributed by atoms with Gasteiger partial charge in [0.1, 0.15) is 0 Å². The standard InChI is InChI=1S/C11H19N3/c1-10(5-7-13-8-10)14-9-11(2-3-11)4-6-12/h13-14H,2-5,7-9H2,1H3. The number of hydrogen-bond donors (Lipinski definition) is 2. The van der Waals surface area contributed by atoms with Crippen LogP contribution in [-0.4, -0.2) is 25.2 Å². The van der Waals surface area contributed by atoms with Crippen molar-refractivity contribution in [2.24, 2.45) is 5.41 Å². The van der Waals surface area contributed by atoms with Crippen LogP contribution in [0.25, 0.3) is 0 Å². The minimum absolute atomic E-state index is 0.269. The van der Waals surface area contributed by atoms with Gasteiger partial charge in [-0.05, 0) is 38.1 Å². The first-order valence-corrected chi connectivity index (χ1v) is 5.51. The topological polar surface area (TPSA) is 47.9 Å². The van der Waals surface area contributed by atoms with Crippen molar-refractivity contribution in [3.05, 3.63) is 0 Å². The fraction of sp³-hybridized carbons (Fsp3) is 0.909. The van der Waals surface area contributed by atoms with Gasteiger partial charge in [-0.1, -0.05) is 0 Å². The van der Waals surface area contributed by atoms with Crippen molar-refractivity contribution >= 4 is 0 Å². The number of nitrogens with zero attached hydrogens (tertiary/aromatic N) is 1. The van der Waals surface area contributed by atoms with Gasteiger partial charge in [0.05, 0.1) is 6.07 Å². The summed E-state index contributed by atoms with van der Waals surface area (Å²) in [5.74, 6) is 0. The minimum Gasteiger partial charge on any atom is -0.315 e. The maximum absolute atomic E-state index is 8.71. The van der Waals surface area contributed by atoms with Gasteiger partial charge < -0.3 is 10.6 Å². The third-order valence-corrected chi connectivity index (χ3v) is 3.67. The Morgan fingerprint density at radius 2 is 2.21 bits per heavy atom. The number of nitriles is 1. The van der Waals surface area contributed by atoms with E-state index in [-0.39, 0.29) is 5.54 Å². The van der Waals surface area contributed by atoms with Gasteiger partial charge in [0.25, 0.3) is 0 Å². The van der Waals surface area contributed by atoms with E-state index < -0.39 is 0 Å². The smallest absolute Gasteiger partial charge is 0.0628 e. The van der Waals surface area contributed by atoms with Crippen LogP contribution in [0.2, 0.25) is 0 Å². The fourth-order valence-corrected chi connectivity index (χ4v) is 2.13. The molecule has 3 heteroatoms. The zero-order chi connectivity index (χ0) is 10.1. The molecule has 0 bridgehead atoms. The Morgan fingerprint density at radius 1 is 1.43 bits per heavy atom. The average molecular weight is 193 g/mol. The third-order valence-electron chi connectivity index (χ3n) is 3.67. The Bertz CT molecular complexity index is 244. The molecule has 78 valence electrons. The van der Waals surface area contributed by atoms with Gasteiger partial charge in [-0.3, -0.25) is 0 Å². The molecule has 0 aromatic carbocycles. The van der Waals surface area contributed by atoms with Crippen molar-refractivity contribution in [3.63, 3.8) is 0 Å². The lowest BCUT2D eigenvalue weighted by Gasteiger charge is -2.27. The second-order valence-electron chi connectivity index (χ2n) is 5.18. The van der Waals surface area contributed by atoms with Gasteiger partial charge in [0, 0.05) is 25.0 Å². The summed E-state index contributed by atoms with van der Waals surface area (Å²) >= 11 is 0. The normalized spacial score (nSPS) is 34.0. The highest BCUT2D eigenvalue weighted by molar-refractivity contribution is 5.03. The van der Waals surface area contributed by atoms with E-state index in [1.165, 1.54) is 19.3 Å². The molecule has 1 aliphatic heterocycles. The first-order valence-electron chi connectivity index (χ1n) is 5.51. The summed E-state index contributed by atoms with van der Waals surface area (Å²) in [5.41, 5.74) is 0.603. The zero-order valence-corrected chi connectivity index (χ0v) is 8.90. The first kappa shape index (κ1) is 9.95. The van der Waals surface area contributed by atoms with Crippen LogP contribution in [0.3, 0.4) is 0 Å². The molecule has 1 aliphatic carbocycles. The van der Waals surface area contributed by atoms with Gasteiger partial charge in [0.2, 0.25) is 0 Å². The van der Waals surface area contributed by atoms with E-state index in [0.29, 0.717) is 5.41 Å². The summed E-state index contributed by atoms with van der Waals surface area (Å²) in [5, 5.41) is 15.7. The maximum atomic E-state index is 8.71. The van der Waals surface area contributed by atoms with Gasteiger partial charge in [-0.15, -0.1) is 0 Å². The van der Waals surface area contributed by atoms with E-state index >= 15 is 0 Å². The van der Waals surface area contributed by atoms with E-state index in [0.717, 1.165) is 26.1 Å². The second-order valence-corrected chi connectivity index (χ2v) is 5.18. The lowest BCUT2D eigenvalue weighted by molar-refractivity contribution is 0.337. The van der Waals surface area contributed by atoms with Crippen molar-refractivity contribution in [2.45, 2.75) is 38.1 Å². The highest BCUT2D eigenvalue weighted by atomic mass is 15.1. The zero-order valence-electron chi connectivity index (χ0n) is 8.90. The van der Waals surface area contributed by atoms with Crippen LogP contribution in [0.4, 0.5) is 0 Å². The Morgan fingerprint density at radius 3 is 2.71 bits per heavy atom. The van der Waals surface area contributed by atoms with Crippen LogP contribution in [0, 0.1) is 16.7 Å². The fourth-order valence-electron chi connectivity index (χ4n) is 2.13. The Kier molecular flexibility index (Phi) is 2.50. The molecule has 0 aromatic heterocycles. The Labute approximate surface area is 85.9 Å². The van der Waals surface area contributed by atoms with E-state index in [9.17, 15) is 0 Å². The highest BCUT2D eigenvalue weighted by Crippen LogP contribution is 2.48. The van der Waals surface area contributed by atoms with Gasteiger partial charge in [0.15, 0.2) is 0 Å². The molecule has 1 saturated heterocycles. The van der Waals surface area contributed by atoms with Crippen molar-refractivity contribution in [1.82, 2.24) is 10.6 Å². The van der Waals surface area contributed by atoms with E-state index in [1.54, 1.807) is 0 Å². The molecule has 2 N–H and O–H groups in total. The summed E-state index contributed by atoms with van der Waals surface area (Å²) in [6, 6.07) is 2.30. The molecule has 0 radical (unpaired) electrons. The number of rotatable bonds is 4. The predicted molar refractivity (Wildman–Crippen MR) is 55.8 cm³/mol. The van der Waals surface area contributed by atoms with Crippen LogP contribution in [0.1, 0.15) is 32.6 Å².